The number of benzene rings is 1. The summed E-state index contributed by atoms with van der Waals surface area (Å²) in [5.41, 5.74) is 1.09. The summed E-state index contributed by atoms with van der Waals surface area (Å²) in [6, 6.07) is 9.95. The number of ketones is 1. The maximum Gasteiger partial charge on any atom is 0.173 e. The summed E-state index contributed by atoms with van der Waals surface area (Å²) in [6.07, 6.45) is 0.877. The highest BCUT2D eigenvalue weighted by Crippen LogP contribution is 2.37. The maximum absolute atomic E-state index is 12.3. The zero-order chi connectivity index (χ0) is 19.0. The molecule has 0 aliphatic carbocycles. The van der Waals surface area contributed by atoms with Gasteiger partial charge in [-0.3, -0.25) is 4.79 Å². The quantitative estimate of drug-likeness (QED) is 0.440. The van der Waals surface area contributed by atoms with Crippen molar-refractivity contribution in [2.75, 3.05) is 20.0 Å². The largest absolute Gasteiger partial charge is 0.351 e. The van der Waals surface area contributed by atoms with Crippen molar-refractivity contribution in [2.24, 2.45) is 11.8 Å². The van der Waals surface area contributed by atoms with Gasteiger partial charge in [-0.15, -0.1) is 0 Å². The lowest BCUT2D eigenvalue weighted by atomic mass is 9.83. The Balaban J connectivity index is 2.00. The van der Waals surface area contributed by atoms with Crippen LogP contribution in [-0.2, 0) is 30.3 Å². The molecular weight excluding hydrogens is 332 g/mol. The van der Waals surface area contributed by atoms with Gasteiger partial charge in [-0.2, -0.15) is 0 Å². The highest BCUT2D eigenvalue weighted by molar-refractivity contribution is 5.80. The van der Waals surface area contributed by atoms with E-state index in [0.717, 1.165) is 5.56 Å². The summed E-state index contributed by atoms with van der Waals surface area (Å²) in [4.78, 5) is 12.3. The number of rotatable bonds is 11. The Labute approximate surface area is 157 Å². The molecule has 1 aliphatic rings. The Morgan fingerprint density at radius 1 is 1.15 bits per heavy atom. The molecular formula is C21H32O5. The Bertz CT molecular complexity index is 539. The zero-order valence-corrected chi connectivity index (χ0v) is 16.4. The minimum absolute atomic E-state index is 0.0826. The summed E-state index contributed by atoms with van der Waals surface area (Å²) in [5, 5.41) is 0. The Hall–Kier alpha value is -1.27. The van der Waals surface area contributed by atoms with E-state index in [4.69, 9.17) is 18.9 Å². The van der Waals surface area contributed by atoms with Gasteiger partial charge in [0.1, 0.15) is 12.6 Å². The van der Waals surface area contributed by atoms with Crippen LogP contribution in [0.5, 0.6) is 0 Å². The second-order valence-corrected chi connectivity index (χ2v) is 6.84. The third-order valence-corrected chi connectivity index (χ3v) is 5.26. The van der Waals surface area contributed by atoms with Crippen molar-refractivity contribution in [3.8, 4) is 0 Å². The van der Waals surface area contributed by atoms with Crippen LogP contribution in [0.3, 0.4) is 0 Å². The second-order valence-electron chi connectivity index (χ2n) is 6.84. The minimum atomic E-state index is -0.688. The molecule has 0 saturated carbocycles. The van der Waals surface area contributed by atoms with Gasteiger partial charge < -0.3 is 18.9 Å². The predicted octanol–water partition coefficient (Wildman–Crippen LogP) is 3.95. The molecule has 146 valence electrons. The lowest BCUT2D eigenvalue weighted by Gasteiger charge is -2.39. The first kappa shape index (κ1) is 21.0. The van der Waals surface area contributed by atoms with Gasteiger partial charge in [-0.25, -0.2) is 0 Å². The molecule has 1 aromatic carbocycles. The van der Waals surface area contributed by atoms with E-state index in [9.17, 15) is 4.79 Å². The third kappa shape index (κ3) is 5.13. The third-order valence-electron chi connectivity index (χ3n) is 5.26. The molecule has 0 spiro atoms. The van der Waals surface area contributed by atoms with Gasteiger partial charge in [0.05, 0.1) is 25.9 Å². The summed E-state index contributed by atoms with van der Waals surface area (Å²) in [6.45, 7) is 9.63. The first-order valence-electron chi connectivity index (χ1n) is 9.58. The molecule has 1 fully saturated rings. The molecule has 1 aliphatic heterocycles. The van der Waals surface area contributed by atoms with Crippen LogP contribution < -0.4 is 0 Å². The average molecular weight is 364 g/mol. The van der Waals surface area contributed by atoms with Gasteiger partial charge in [-0.05, 0) is 12.0 Å². The normalized spacial score (nSPS) is 19.8. The summed E-state index contributed by atoms with van der Waals surface area (Å²) < 4.78 is 23.6. The highest BCUT2D eigenvalue weighted by Gasteiger charge is 2.46. The number of Topliss-reactive ketones (excluding diaryl/α,β-unsaturated/α-hetero) is 1. The van der Waals surface area contributed by atoms with Crippen molar-refractivity contribution in [3.05, 3.63) is 35.9 Å². The molecule has 1 heterocycles. The molecule has 3 atom stereocenters. The van der Waals surface area contributed by atoms with E-state index in [-0.39, 0.29) is 30.5 Å². The van der Waals surface area contributed by atoms with Crippen LogP contribution in [0.15, 0.2) is 30.3 Å². The van der Waals surface area contributed by atoms with Crippen LogP contribution in [0.1, 0.15) is 46.1 Å². The van der Waals surface area contributed by atoms with Crippen molar-refractivity contribution in [1.29, 1.82) is 0 Å². The summed E-state index contributed by atoms with van der Waals surface area (Å²) in [5.74, 6) is -0.839. The summed E-state index contributed by atoms with van der Waals surface area (Å²) >= 11 is 0. The SMILES string of the molecule is CCC(=O)[C@@H](C)[C@@H](OCOCc1ccccc1)[C@@H](C)C1(CC)OCCO1. The molecule has 0 N–H and O–H groups in total. The monoisotopic (exact) mass is 364 g/mol. The lowest BCUT2D eigenvalue weighted by Crippen LogP contribution is -2.48. The zero-order valence-electron chi connectivity index (χ0n) is 16.4. The van der Waals surface area contributed by atoms with Gasteiger partial charge in [0, 0.05) is 18.3 Å². The highest BCUT2D eigenvalue weighted by atomic mass is 16.7. The number of hydrogen-bond acceptors (Lipinski definition) is 5. The fourth-order valence-electron chi connectivity index (χ4n) is 3.60. The Morgan fingerprint density at radius 3 is 2.38 bits per heavy atom. The van der Waals surface area contributed by atoms with Crippen LogP contribution in [-0.4, -0.2) is 37.7 Å². The van der Waals surface area contributed by atoms with Crippen LogP contribution in [0, 0.1) is 11.8 Å². The molecule has 0 amide bonds. The second kappa shape index (κ2) is 10.2. The van der Waals surface area contributed by atoms with E-state index in [1.807, 2.05) is 58.0 Å². The average Bonchev–Trinajstić information content (AvgIpc) is 3.17. The van der Waals surface area contributed by atoms with Gasteiger partial charge in [0.15, 0.2) is 5.79 Å². The molecule has 0 radical (unpaired) electrons. The van der Waals surface area contributed by atoms with Gasteiger partial charge in [-0.1, -0.05) is 58.0 Å². The van der Waals surface area contributed by atoms with E-state index in [2.05, 4.69) is 0 Å². The molecule has 0 bridgehead atoms. The maximum atomic E-state index is 12.3. The Kier molecular flexibility index (Phi) is 8.22. The van der Waals surface area contributed by atoms with Crippen LogP contribution in [0.4, 0.5) is 0 Å². The van der Waals surface area contributed by atoms with Gasteiger partial charge in [0.2, 0.25) is 0 Å². The molecule has 1 aromatic rings. The molecule has 0 unspecified atom stereocenters. The molecule has 1 saturated heterocycles. The van der Waals surface area contributed by atoms with Crippen molar-refractivity contribution in [3.63, 3.8) is 0 Å². The molecule has 26 heavy (non-hydrogen) atoms. The Morgan fingerprint density at radius 2 is 1.81 bits per heavy atom. The molecule has 0 aromatic heterocycles. The van der Waals surface area contributed by atoms with Crippen LogP contribution >= 0.6 is 0 Å². The van der Waals surface area contributed by atoms with Crippen molar-refractivity contribution >= 4 is 5.78 Å². The molecule has 5 heteroatoms. The fourth-order valence-corrected chi connectivity index (χ4v) is 3.60. The summed E-state index contributed by atoms with van der Waals surface area (Å²) in [7, 11) is 0. The lowest BCUT2D eigenvalue weighted by molar-refractivity contribution is -0.236. The number of hydrogen-bond donors (Lipinski definition) is 0. The van der Waals surface area contributed by atoms with E-state index in [1.54, 1.807) is 0 Å². The number of carbonyl (C=O) groups is 1. The first-order valence-corrected chi connectivity index (χ1v) is 9.58. The smallest absolute Gasteiger partial charge is 0.173 e. The molecule has 2 rings (SSSR count). The van der Waals surface area contributed by atoms with Crippen molar-refractivity contribution in [1.82, 2.24) is 0 Å². The van der Waals surface area contributed by atoms with Crippen molar-refractivity contribution < 1.29 is 23.7 Å². The number of carbonyl (C=O) groups excluding carboxylic acids is 1. The van der Waals surface area contributed by atoms with Gasteiger partial charge in [0.25, 0.3) is 0 Å². The van der Waals surface area contributed by atoms with Crippen LogP contribution in [0.25, 0.3) is 0 Å². The van der Waals surface area contributed by atoms with E-state index in [0.29, 0.717) is 32.7 Å². The van der Waals surface area contributed by atoms with Gasteiger partial charge >= 0.3 is 0 Å². The number of ether oxygens (including phenoxy) is 4. The minimum Gasteiger partial charge on any atom is -0.351 e. The predicted molar refractivity (Wildman–Crippen MR) is 99.5 cm³/mol. The van der Waals surface area contributed by atoms with E-state index in [1.165, 1.54) is 0 Å². The molecule has 5 nitrogen and oxygen atoms in total. The van der Waals surface area contributed by atoms with E-state index >= 15 is 0 Å². The van der Waals surface area contributed by atoms with Crippen molar-refractivity contribution in [2.45, 2.75) is 59.0 Å². The fraction of sp³-hybridized carbons (Fsp3) is 0.667. The van der Waals surface area contributed by atoms with Crippen LogP contribution in [0.2, 0.25) is 0 Å². The van der Waals surface area contributed by atoms with E-state index < -0.39 is 5.79 Å². The first-order chi connectivity index (χ1) is 12.5. The topological polar surface area (TPSA) is 54.0 Å². The standard InChI is InChI=1S/C21H32O5/c1-5-19(22)16(3)20(17(4)21(6-2)25-12-13-26-21)24-15-23-14-18-10-8-7-9-11-18/h7-11,16-17,20H,5-6,12-15H2,1-4H3/t16-,17-,20-/m1/s1.